The lowest BCUT2D eigenvalue weighted by Gasteiger charge is -2.34. The van der Waals surface area contributed by atoms with Crippen molar-refractivity contribution in [2.45, 2.75) is 4.75 Å². The van der Waals surface area contributed by atoms with E-state index in [0.29, 0.717) is 5.02 Å². The third-order valence-electron chi connectivity index (χ3n) is 4.36. The number of benzene rings is 3. The van der Waals surface area contributed by atoms with E-state index in [-0.39, 0.29) is 26.2 Å². The van der Waals surface area contributed by atoms with Crippen LogP contribution in [0.4, 0.5) is 0 Å². The highest BCUT2D eigenvalue weighted by molar-refractivity contribution is 7.87. The van der Waals surface area contributed by atoms with Crippen molar-refractivity contribution in [1.29, 1.82) is 0 Å². The second kappa shape index (κ2) is 7.87. The largest absolute Gasteiger partial charge is 0.504 e. The maximum atomic E-state index is 13.0. The van der Waals surface area contributed by atoms with Gasteiger partial charge in [0.2, 0.25) is 0 Å². The summed E-state index contributed by atoms with van der Waals surface area (Å²) in [6.07, 6.45) is 0. The average Bonchev–Trinajstić information content (AvgIpc) is 2.61. The van der Waals surface area contributed by atoms with Crippen LogP contribution in [0.5, 0.6) is 11.5 Å². The summed E-state index contributed by atoms with van der Waals surface area (Å²) < 4.78 is 33.9. The van der Waals surface area contributed by atoms with Crippen LogP contribution in [-0.4, -0.2) is 23.2 Å². The van der Waals surface area contributed by atoms with Crippen molar-refractivity contribution in [1.82, 2.24) is 0 Å². The van der Waals surface area contributed by atoms with Gasteiger partial charge < -0.3 is 10.2 Å². The molecule has 0 saturated carbocycles. The Morgan fingerprint density at radius 3 is 1.79 bits per heavy atom. The van der Waals surface area contributed by atoms with Crippen LogP contribution in [0.1, 0.15) is 16.7 Å². The Balaban J connectivity index is 2.63. The van der Waals surface area contributed by atoms with E-state index in [1.165, 1.54) is 48.5 Å². The van der Waals surface area contributed by atoms with Crippen LogP contribution in [-0.2, 0) is 14.9 Å². The summed E-state index contributed by atoms with van der Waals surface area (Å²) in [5, 5.41) is 20.8. The van der Waals surface area contributed by atoms with E-state index in [2.05, 4.69) is 0 Å². The standard InChI is InChI=1S/C19H12Cl4O5S/c20-12-3-1-10(2-4-12)19(29(26,27)28,11-7-13(21)9-14(22)8-11)17-15(23)5-6-16(24)18(17)25/h1-9,24-25H,(H,26,27,28). The summed E-state index contributed by atoms with van der Waals surface area (Å²) >= 11 is 24.4. The normalized spacial score (nSPS) is 13.8. The molecule has 0 bridgehead atoms. The molecule has 3 aromatic rings. The minimum atomic E-state index is -5.11. The van der Waals surface area contributed by atoms with Gasteiger partial charge in [-0.1, -0.05) is 58.5 Å². The molecule has 29 heavy (non-hydrogen) atoms. The van der Waals surface area contributed by atoms with Gasteiger partial charge in [0.05, 0.1) is 5.02 Å². The molecular formula is C19H12Cl4O5S. The third kappa shape index (κ3) is 3.77. The molecule has 0 heterocycles. The summed E-state index contributed by atoms with van der Waals surface area (Å²) in [6.45, 7) is 0. The van der Waals surface area contributed by atoms with Crippen LogP contribution in [0.15, 0.2) is 54.6 Å². The minimum absolute atomic E-state index is 0.0227. The molecule has 3 rings (SSSR count). The minimum Gasteiger partial charge on any atom is -0.504 e. The molecule has 0 spiro atoms. The zero-order valence-corrected chi connectivity index (χ0v) is 18.1. The van der Waals surface area contributed by atoms with E-state index in [4.69, 9.17) is 46.4 Å². The Bertz CT molecular complexity index is 1180. The molecule has 0 fully saturated rings. The molecule has 152 valence electrons. The smallest absolute Gasteiger partial charge is 0.283 e. The van der Waals surface area contributed by atoms with Gasteiger partial charge in [0.25, 0.3) is 10.1 Å². The summed E-state index contributed by atoms with van der Waals surface area (Å²) in [5.74, 6) is -1.47. The van der Waals surface area contributed by atoms with Gasteiger partial charge >= 0.3 is 0 Å². The molecule has 10 heteroatoms. The Hall–Kier alpha value is -1.67. The highest BCUT2D eigenvalue weighted by atomic mass is 35.5. The van der Waals surface area contributed by atoms with E-state index in [1.54, 1.807) is 0 Å². The van der Waals surface area contributed by atoms with Gasteiger partial charge in [-0.3, -0.25) is 4.55 Å². The number of phenols is 2. The highest BCUT2D eigenvalue weighted by Gasteiger charge is 2.52. The summed E-state index contributed by atoms with van der Waals surface area (Å²) in [6, 6.07) is 11.6. The van der Waals surface area contributed by atoms with Gasteiger partial charge in [0.15, 0.2) is 16.2 Å². The average molecular weight is 494 g/mol. The van der Waals surface area contributed by atoms with Crippen molar-refractivity contribution in [2.24, 2.45) is 0 Å². The van der Waals surface area contributed by atoms with Crippen LogP contribution in [0.3, 0.4) is 0 Å². The molecule has 5 nitrogen and oxygen atoms in total. The van der Waals surface area contributed by atoms with Crippen molar-refractivity contribution < 1.29 is 23.2 Å². The third-order valence-corrected chi connectivity index (χ3v) is 6.82. The summed E-state index contributed by atoms with van der Waals surface area (Å²) in [7, 11) is -5.11. The number of halogens is 4. The fourth-order valence-electron chi connectivity index (χ4n) is 3.21. The van der Waals surface area contributed by atoms with Gasteiger partial charge in [-0.05, 0) is 53.6 Å². The fraction of sp³-hybridized carbons (Fsp3) is 0.0526. The molecule has 0 aromatic heterocycles. The van der Waals surface area contributed by atoms with Crippen molar-refractivity contribution in [3.05, 3.63) is 91.4 Å². The second-order valence-electron chi connectivity index (χ2n) is 6.11. The van der Waals surface area contributed by atoms with Gasteiger partial charge in [-0.15, -0.1) is 0 Å². The van der Waals surface area contributed by atoms with Gasteiger partial charge in [-0.2, -0.15) is 8.42 Å². The van der Waals surface area contributed by atoms with Crippen LogP contribution < -0.4 is 0 Å². The van der Waals surface area contributed by atoms with Crippen molar-refractivity contribution >= 4 is 56.5 Å². The maximum Gasteiger partial charge on any atom is 0.283 e. The van der Waals surface area contributed by atoms with E-state index < -0.39 is 31.9 Å². The topological polar surface area (TPSA) is 94.8 Å². The zero-order chi connectivity index (χ0) is 21.6. The molecule has 3 N–H and O–H groups in total. The monoisotopic (exact) mass is 492 g/mol. The Kier molecular flexibility index (Phi) is 5.98. The predicted octanol–water partition coefficient (Wildman–Crippen LogP) is 5.89. The first kappa shape index (κ1) is 22.0. The van der Waals surface area contributed by atoms with Crippen molar-refractivity contribution in [3.8, 4) is 11.5 Å². The van der Waals surface area contributed by atoms with Crippen LogP contribution in [0.25, 0.3) is 0 Å². The Morgan fingerprint density at radius 2 is 1.28 bits per heavy atom. The molecule has 3 aromatic carbocycles. The van der Waals surface area contributed by atoms with Crippen molar-refractivity contribution in [3.63, 3.8) is 0 Å². The molecule has 1 unspecified atom stereocenters. The van der Waals surface area contributed by atoms with Gasteiger partial charge in [-0.25, -0.2) is 0 Å². The first-order chi connectivity index (χ1) is 13.5. The van der Waals surface area contributed by atoms with E-state index in [0.717, 1.165) is 6.07 Å². The molecule has 1 atom stereocenters. The lowest BCUT2D eigenvalue weighted by Crippen LogP contribution is -2.38. The van der Waals surface area contributed by atoms with Crippen LogP contribution in [0.2, 0.25) is 20.1 Å². The molecule has 0 saturated heterocycles. The Morgan fingerprint density at radius 1 is 0.724 bits per heavy atom. The number of aromatic hydroxyl groups is 2. The SMILES string of the molecule is O=S(=O)(O)C(c1ccc(Cl)cc1)(c1cc(Cl)cc(Cl)c1)c1c(Cl)ccc(O)c1O. The van der Waals surface area contributed by atoms with Crippen LogP contribution in [0, 0.1) is 0 Å². The molecule has 0 amide bonds. The molecule has 0 radical (unpaired) electrons. The van der Waals surface area contributed by atoms with Crippen molar-refractivity contribution in [2.75, 3.05) is 0 Å². The quantitative estimate of drug-likeness (QED) is 0.239. The molecule has 0 aliphatic rings. The molecule has 0 aliphatic heterocycles. The zero-order valence-electron chi connectivity index (χ0n) is 14.3. The predicted molar refractivity (Wildman–Crippen MR) is 114 cm³/mol. The summed E-state index contributed by atoms with van der Waals surface area (Å²) in [5.41, 5.74) is -0.601. The highest BCUT2D eigenvalue weighted by Crippen LogP contribution is 2.52. The number of rotatable bonds is 4. The lowest BCUT2D eigenvalue weighted by molar-refractivity contribution is 0.394. The molecule has 0 aliphatic carbocycles. The maximum absolute atomic E-state index is 13.0. The van der Waals surface area contributed by atoms with E-state index >= 15 is 0 Å². The first-order valence-corrected chi connectivity index (χ1v) is 10.8. The fourth-order valence-corrected chi connectivity index (χ4v) is 5.53. The van der Waals surface area contributed by atoms with Gasteiger partial charge in [0, 0.05) is 20.6 Å². The Labute approximate surface area is 186 Å². The number of hydrogen-bond acceptors (Lipinski definition) is 4. The van der Waals surface area contributed by atoms with Gasteiger partial charge in [0.1, 0.15) is 0 Å². The molecular weight excluding hydrogens is 482 g/mol. The van der Waals surface area contributed by atoms with Crippen LogP contribution >= 0.6 is 46.4 Å². The second-order valence-corrected chi connectivity index (χ2v) is 9.39. The number of hydrogen-bond donors (Lipinski definition) is 3. The van der Waals surface area contributed by atoms with E-state index in [9.17, 15) is 23.2 Å². The van der Waals surface area contributed by atoms with E-state index in [1.807, 2.05) is 0 Å². The number of phenolic OH excluding ortho intramolecular Hbond substituents is 2. The lowest BCUT2D eigenvalue weighted by atomic mass is 9.83. The summed E-state index contributed by atoms with van der Waals surface area (Å²) in [4.78, 5) is 0. The first-order valence-electron chi connectivity index (χ1n) is 7.89.